The number of nitrogens with one attached hydrogen (secondary N) is 2. The highest BCUT2D eigenvalue weighted by molar-refractivity contribution is 7.98. The molecule has 0 aliphatic rings. The van der Waals surface area contributed by atoms with Gasteiger partial charge < -0.3 is 10.6 Å². The van der Waals surface area contributed by atoms with Crippen molar-refractivity contribution in [1.29, 1.82) is 0 Å². The molecule has 100 valence electrons. The van der Waals surface area contributed by atoms with E-state index >= 15 is 0 Å². The molecule has 2 N–H and O–H groups in total. The van der Waals surface area contributed by atoms with Crippen LogP contribution in [0, 0.1) is 0 Å². The van der Waals surface area contributed by atoms with Gasteiger partial charge in [-0.05, 0) is 49.1 Å². The smallest absolute Gasteiger partial charge is 0.224 e. The highest BCUT2D eigenvalue weighted by Gasteiger charge is 1.98. The highest BCUT2D eigenvalue weighted by Crippen LogP contribution is 2.14. The molecule has 1 aromatic carbocycles. The monoisotopic (exact) mass is 266 g/mol. The molecule has 0 atom stereocenters. The molecule has 0 radical (unpaired) electrons. The summed E-state index contributed by atoms with van der Waals surface area (Å²) in [4.78, 5) is 11.2. The van der Waals surface area contributed by atoms with Crippen molar-refractivity contribution in [3.05, 3.63) is 24.3 Å². The summed E-state index contributed by atoms with van der Waals surface area (Å²) in [5, 5.41) is 6.21. The molecule has 0 unspecified atom stereocenters. The van der Waals surface area contributed by atoms with Gasteiger partial charge in [0.05, 0.1) is 0 Å². The molecule has 0 saturated carbocycles. The predicted octanol–water partition coefficient (Wildman–Crippen LogP) is 3.59. The Labute approximate surface area is 114 Å². The van der Waals surface area contributed by atoms with Crippen LogP contribution in [0.3, 0.4) is 0 Å². The standard InChI is InChI=1S/C14H22N2OS/c1-3-14(17)16-13-8-6-12(7-9-13)15-10-4-5-11-18-2/h6-9,15H,3-5,10-11H2,1-2H3,(H,16,17). The van der Waals surface area contributed by atoms with E-state index in [1.807, 2.05) is 43.0 Å². The van der Waals surface area contributed by atoms with Crippen molar-refractivity contribution >= 4 is 29.0 Å². The van der Waals surface area contributed by atoms with E-state index in [1.165, 1.54) is 18.6 Å². The molecule has 0 spiro atoms. The lowest BCUT2D eigenvalue weighted by Crippen LogP contribution is -2.09. The van der Waals surface area contributed by atoms with E-state index in [-0.39, 0.29) is 5.91 Å². The Balaban J connectivity index is 2.29. The zero-order valence-corrected chi connectivity index (χ0v) is 12.0. The minimum absolute atomic E-state index is 0.0489. The van der Waals surface area contributed by atoms with E-state index in [9.17, 15) is 4.79 Å². The molecule has 1 aromatic rings. The number of thioether (sulfide) groups is 1. The van der Waals surface area contributed by atoms with E-state index in [0.29, 0.717) is 6.42 Å². The van der Waals surface area contributed by atoms with E-state index in [1.54, 1.807) is 0 Å². The van der Waals surface area contributed by atoms with E-state index in [2.05, 4.69) is 16.9 Å². The molecule has 1 rings (SSSR count). The third-order valence-electron chi connectivity index (χ3n) is 2.59. The first-order valence-corrected chi connectivity index (χ1v) is 7.78. The van der Waals surface area contributed by atoms with Crippen LogP contribution in [0.15, 0.2) is 24.3 Å². The molecule has 3 nitrogen and oxygen atoms in total. The first-order valence-electron chi connectivity index (χ1n) is 6.39. The fourth-order valence-electron chi connectivity index (χ4n) is 1.52. The number of anilines is 2. The summed E-state index contributed by atoms with van der Waals surface area (Å²) in [5.41, 5.74) is 1.96. The van der Waals surface area contributed by atoms with Crippen LogP contribution in [-0.2, 0) is 4.79 Å². The predicted molar refractivity (Wildman–Crippen MR) is 81.5 cm³/mol. The number of hydrogen-bond donors (Lipinski definition) is 2. The second-order valence-corrected chi connectivity index (χ2v) is 5.09. The number of amides is 1. The average molecular weight is 266 g/mol. The Bertz CT molecular complexity index is 351. The number of rotatable bonds is 8. The second-order valence-electron chi connectivity index (χ2n) is 4.11. The van der Waals surface area contributed by atoms with Crippen LogP contribution in [0.2, 0.25) is 0 Å². The molecule has 0 aromatic heterocycles. The van der Waals surface area contributed by atoms with Gasteiger partial charge in [-0.15, -0.1) is 0 Å². The second kappa shape index (κ2) is 8.86. The van der Waals surface area contributed by atoms with Crippen molar-refractivity contribution < 1.29 is 4.79 Å². The van der Waals surface area contributed by atoms with E-state index < -0.39 is 0 Å². The van der Waals surface area contributed by atoms with Crippen molar-refractivity contribution in [2.24, 2.45) is 0 Å². The van der Waals surface area contributed by atoms with Gasteiger partial charge in [-0.1, -0.05) is 6.92 Å². The molecule has 0 aliphatic heterocycles. The molecular weight excluding hydrogens is 244 g/mol. The van der Waals surface area contributed by atoms with Gasteiger partial charge in [0, 0.05) is 24.3 Å². The molecule has 0 aliphatic carbocycles. The summed E-state index contributed by atoms with van der Waals surface area (Å²) in [6, 6.07) is 7.86. The van der Waals surface area contributed by atoms with Gasteiger partial charge in [0.1, 0.15) is 0 Å². The Hall–Kier alpha value is -1.16. The summed E-state index contributed by atoms with van der Waals surface area (Å²) < 4.78 is 0. The van der Waals surface area contributed by atoms with Crippen molar-refractivity contribution in [2.45, 2.75) is 26.2 Å². The van der Waals surface area contributed by atoms with Gasteiger partial charge in [0.15, 0.2) is 0 Å². The Morgan fingerprint density at radius 1 is 1.17 bits per heavy atom. The minimum Gasteiger partial charge on any atom is -0.385 e. The third-order valence-corrected chi connectivity index (χ3v) is 3.29. The van der Waals surface area contributed by atoms with Crippen LogP contribution in [0.5, 0.6) is 0 Å². The van der Waals surface area contributed by atoms with Crippen LogP contribution in [-0.4, -0.2) is 24.5 Å². The molecule has 0 fully saturated rings. The zero-order chi connectivity index (χ0) is 13.2. The summed E-state index contributed by atoms with van der Waals surface area (Å²) in [7, 11) is 0. The molecule has 0 bridgehead atoms. The topological polar surface area (TPSA) is 41.1 Å². The van der Waals surface area contributed by atoms with Crippen LogP contribution < -0.4 is 10.6 Å². The number of benzene rings is 1. The summed E-state index contributed by atoms with van der Waals surface area (Å²) in [5.74, 6) is 1.27. The molecular formula is C14H22N2OS. The van der Waals surface area contributed by atoms with E-state index in [0.717, 1.165) is 17.9 Å². The van der Waals surface area contributed by atoms with Crippen LogP contribution >= 0.6 is 11.8 Å². The number of carbonyl (C=O) groups is 1. The lowest BCUT2D eigenvalue weighted by Gasteiger charge is -2.08. The normalized spacial score (nSPS) is 10.1. The van der Waals surface area contributed by atoms with Crippen LogP contribution in [0.1, 0.15) is 26.2 Å². The molecule has 0 heterocycles. The Kier molecular flexibility index (Phi) is 7.34. The summed E-state index contributed by atoms with van der Waals surface area (Å²) >= 11 is 1.89. The van der Waals surface area contributed by atoms with Gasteiger partial charge >= 0.3 is 0 Å². The highest BCUT2D eigenvalue weighted by atomic mass is 32.2. The van der Waals surface area contributed by atoms with Gasteiger partial charge in [-0.25, -0.2) is 0 Å². The lowest BCUT2D eigenvalue weighted by molar-refractivity contribution is -0.115. The number of unbranched alkanes of at least 4 members (excludes halogenated alkanes) is 1. The summed E-state index contributed by atoms with van der Waals surface area (Å²) in [6.07, 6.45) is 5.08. The van der Waals surface area contributed by atoms with Crippen molar-refractivity contribution in [3.63, 3.8) is 0 Å². The molecule has 4 heteroatoms. The van der Waals surface area contributed by atoms with Gasteiger partial charge in [-0.3, -0.25) is 4.79 Å². The van der Waals surface area contributed by atoms with Crippen molar-refractivity contribution in [2.75, 3.05) is 29.2 Å². The van der Waals surface area contributed by atoms with Crippen LogP contribution in [0.4, 0.5) is 11.4 Å². The third kappa shape index (κ3) is 5.96. The molecule has 18 heavy (non-hydrogen) atoms. The first-order chi connectivity index (χ1) is 8.76. The molecule has 1 amide bonds. The Morgan fingerprint density at radius 2 is 1.83 bits per heavy atom. The minimum atomic E-state index is 0.0489. The number of hydrogen-bond acceptors (Lipinski definition) is 3. The average Bonchev–Trinajstić information content (AvgIpc) is 2.40. The fourth-order valence-corrected chi connectivity index (χ4v) is 2.02. The molecule has 0 saturated heterocycles. The maximum Gasteiger partial charge on any atom is 0.224 e. The maximum absolute atomic E-state index is 11.2. The maximum atomic E-state index is 11.2. The Morgan fingerprint density at radius 3 is 2.44 bits per heavy atom. The van der Waals surface area contributed by atoms with Crippen molar-refractivity contribution in [3.8, 4) is 0 Å². The first kappa shape index (κ1) is 14.9. The SMILES string of the molecule is CCC(=O)Nc1ccc(NCCCCSC)cc1. The van der Waals surface area contributed by atoms with Gasteiger partial charge in [-0.2, -0.15) is 11.8 Å². The van der Waals surface area contributed by atoms with Gasteiger partial charge in [0.2, 0.25) is 5.91 Å². The largest absolute Gasteiger partial charge is 0.385 e. The zero-order valence-electron chi connectivity index (χ0n) is 11.2. The number of carbonyl (C=O) groups excluding carboxylic acids is 1. The van der Waals surface area contributed by atoms with Crippen LogP contribution in [0.25, 0.3) is 0 Å². The summed E-state index contributed by atoms with van der Waals surface area (Å²) in [6.45, 7) is 2.85. The van der Waals surface area contributed by atoms with Gasteiger partial charge in [0.25, 0.3) is 0 Å². The van der Waals surface area contributed by atoms with Crippen molar-refractivity contribution in [1.82, 2.24) is 0 Å². The van der Waals surface area contributed by atoms with E-state index in [4.69, 9.17) is 0 Å². The lowest BCUT2D eigenvalue weighted by atomic mass is 10.2. The quantitative estimate of drug-likeness (QED) is 0.706. The fraction of sp³-hybridized carbons (Fsp3) is 0.500.